The van der Waals surface area contributed by atoms with Gasteiger partial charge >= 0.3 is 12.1 Å². The zero-order chi connectivity index (χ0) is 23.9. The number of carbonyl (C=O) groups is 3. The molecule has 3 aromatic carbocycles. The number of aliphatic carboxylic acids is 1. The molecule has 0 unspecified atom stereocenters. The molecule has 1 aliphatic carbocycles. The number of carboxylic acid groups (broad SMARTS) is 1. The Hall–Kier alpha value is -4.57. The molecule has 1 atom stereocenters. The first-order valence-electron chi connectivity index (χ1n) is 10.7. The van der Waals surface area contributed by atoms with Crippen molar-refractivity contribution in [3.05, 3.63) is 95.6 Å². The fourth-order valence-corrected chi connectivity index (χ4v) is 4.06. The van der Waals surface area contributed by atoms with Crippen LogP contribution in [-0.4, -0.2) is 36.2 Å². The third-order valence-electron chi connectivity index (χ3n) is 5.55. The van der Waals surface area contributed by atoms with Gasteiger partial charge in [0.25, 0.3) is 0 Å². The van der Waals surface area contributed by atoms with Crippen LogP contribution >= 0.6 is 0 Å². The zero-order valence-electron chi connectivity index (χ0n) is 18.2. The molecular weight excluding hydrogens is 432 g/mol. The minimum Gasteiger partial charge on any atom is -0.472 e. The van der Waals surface area contributed by atoms with E-state index in [1.54, 1.807) is 30.3 Å². The molecule has 3 aromatic rings. The largest absolute Gasteiger partial charge is 0.472 e. The summed E-state index contributed by atoms with van der Waals surface area (Å²) in [5, 5.41) is 13.7. The van der Waals surface area contributed by atoms with Gasteiger partial charge in [0.2, 0.25) is 5.91 Å². The topological polar surface area (TPSA) is 105 Å². The van der Waals surface area contributed by atoms with Crippen molar-refractivity contribution >= 4 is 18.0 Å². The number of benzene rings is 3. The van der Waals surface area contributed by atoms with E-state index in [-0.39, 0.29) is 19.1 Å². The summed E-state index contributed by atoms with van der Waals surface area (Å²) >= 11 is 0. The summed E-state index contributed by atoms with van der Waals surface area (Å²) in [6, 6.07) is 23.7. The minimum absolute atomic E-state index is 0.103. The van der Waals surface area contributed by atoms with Crippen molar-refractivity contribution in [1.29, 1.82) is 0 Å². The van der Waals surface area contributed by atoms with E-state index in [4.69, 9.17) is 9.84 Å². The van der Waals surface area contributed by atoms with Gasteiger partial charge in [-0.2, -0.15) is 0 Å². The third-order valence-corrected chi connectivity index (χ3v) is 5.55. The van der Waals surface area contributed by atoms with Crippen molar-refractivity contribution < 1.29 is 24.2 Å². The number of alkyl carbamates (subject to hydrolysis) is 1. The summed E-state index contributed by atoms with van der Waals surface area (Å²) in [7, 11) is 0. The van der Waals surface area contributed by atoms with Gasteiger partial charge in [-0.15, -0.1) is 0 Å². The number of rotatable bonds is 6. The van der Waals surface area contributed by atoms with E-state index in [9.17, 15) is 14.4 Å². The third kappa shape index (κ3) is 5.08. The SMILES string of the molecule is O=C(O)C#CCNC(=O)[C@@H](NC(=O)OCC1c2ccccc2-c2ccccc21)c1ccccc1. The number of amides is 2. The lowest BCUT2D eigenvalue weighted by atomic mass is 9.98. The fourth-order valence-electron chi connectivity index (χ4n) is 4.06. The molecule has 0 bridgehead atoms. The molecule has 170 valence electrons. The second kappa shape index (κ2) is 10.4. The number of fused-ring (bicyclic) bond motifs is 3. The molecule has 0 saturated carbocycles. The van der Waals surface area contributed by atoms with E-state index in [0.717, 1.165) is 22.3 Å². The van der Waals surface area contributed by atoms with E-state index in [2.05, 4.69) is 28.7 Å². The smallest absolute Gasteiger partial charge is 0.408 e. The summed E-state index contributed by atoms with van der Waals surface area (Å²) in [5.74, 6) is 2.34. The predicted molar refractivity (Wildman–Crippen MR) is 126 cm³/mol. The molecule has 0 aliphatic heterocycles. The Morgan fingerprint density at radius 3 is 2.09 bits per heavy atom. The summed E-state index contributed by atoms with van der Waals surface area (Å²) in [6.07, 6.45) is -0.734. The van der Waals surface area contributed by atoms with E-state index in [1.165, 1.54) is 0 Å². The van der Waals surface area contributed by atoms with Gasteiger partial charge in [0.1, 0.15) is 12.6 Å². The van der Waals surface area contributed by atoms with Crippen LogP contribution in [0.5, 0.6) is 0 Å². The molecular formula is C27H22N2O5. The number of carbonyl (C=O) groups excluding carboxylic acids is 2. The van der Waals surface area contributed by atoms with Crippen molar-refractivity contribution in [1.82, 2.24) is 10.6 Å². The van der Waals surface area contributed by atoms with Crippen LogP contribution in [0.1, 0.15) is 28.7 Å². The maximum Gasteiger partial charge on any atom is 0.408 e. The molecule has 3 N–H and O–H groups in total. The molecule has 2 amide bonds. The lowest BCUT2D eigenvalue weighted by Crippen LogP contribution is -2.41. The van der Waals surface area contributed by atoms with Crippen molar-refractivity contribution in [2.75, 3.05) is 13.2 Å². The highest BCUT2D eigenvalue weighted by molar-refractivity contribution is 5.88. The molecule has 0 fully saturated rings. The monoisotopic (exact) mass is 454 g/mol. The van der Waals surface area contributed by atoms with E-state index in [0.29, 0.717) is 5.56 Å². The molecule has 0 heterocycles. The lowest BCUT2D eigenvalue weighted by Gasteiger charge is -2.19. The molecule has 34 heavy (non-hydrogen) atoms. The van der Waals surface area contributed by atoms with Crippen molar-refractivity contribution in [2.24, 2.45) is 0 Å². The lowest BCUT2D eigenvalue weighted by molar-refractivity contribution is -0.130. The standard InChI is InChI=1S/C27H22N2O5/c30-24(31)15-8-16-28-26(32)25(18-9-2-1-3-10-18)29-27(33)34-17-23-21-13-6-4-11-19(21)20-12-5-7-14-22(20)23/h1-7,9-14,23,25H,16-17H2,(H,28,32)(H,29,33)(H,30,31)/t25-/m0/s1. The van der Waals surface area contributed by atoms with E-state index in [1.807, 2.05) is 42.3 Å². The molecule has 7 nitrogen and oxygen atoms in total. The van der Waals surface area contributed by atoms with Crippen LogP contribution in [0.4, 0.5) is 4.79 Å². The molecule has 0 saturated heterocycles. The van der Waals surface area contributed by atoms with Crippen molar-refractivity contribution in [2.45, 2.75) is 12.0 Å². The molecule has 7 heteroatoms. The number of ether oxygens (including phenoxy) is 1. The first-order valence-corrected chi connectivity index (χ1v) is 10.7. The second-order valence-corrected chi connectivity index (χ2v) is 7.64. The molecule has 4 rings (SSSR count). The number of carboxylic acids is 1. The molecule has 0 spiro atoms. The van der Waals surface area contributed by atoms with Gasteiger partial charge in [-0.25, -0.2) is 9.59 Å². The van der Waals surface area contributed by atoms with Crippen molar-refractivity contribution in [3.8, 4) is 23.0 Å². The van der Waals surface area contributed by atoms with Gasteiger partial charge in [-0.3, -0.25) is 4.79 Å². The van der Waals surface area contributed by atoms with Crippen molar-refractivity contribution in [3.63, 3.8) is 0 Å². The van der Waals surface area contributed by atoms with Crippen LogP contribution in [0.15, 0.2) is 78.9 Å². The number of nitrogens with one attached hydrogen (secondary N) is 2. The summed E-state index contributed by atoms with van der Waals surface area (Å²) in [5.41, 5.74) is 4.98. The van der Waals surface area contributed by atoms with E-state index < -0.39 is 24.0 Å². The highest BCUT2D eigenvalue weighted by atomic mass is 16.5. The Balaban J connectivity index is 1.45. The Labute approximate surface area is 196 Å². The second-order valence-electron chi connectivity index (χ2n) is 7.64. The summed E-state index contributed by atoms with van der Waals surface area (Å²) in [4.78, 5) is 35.9. The van der Waals surface area contributed by atoms with Crippen LogP contribution in [0.2, 0.25) is 0 Å². The molecule has 0 radical (unpaired) electrons. The zero-order valence-corrected chi connectivity index (χ0v) is 18.2. The summed E-state index contributed by atoms with van der Waals surface area (Å²) < 4.78 is 5.56. The average molecular weight is 454 g/mol. The Kier molecular flexibility index (Phi) is 6.89. The Morgan fingerprint density at radius 2 is 1.47 bits per heavy atom. The van der Waals surface area contributed by atoms with E-state index >= 15 is 0 Å². The van der Waals surface area contributed by atoms with Crippen LogP contribution in [-0.2, 0) is 14.3 Å². The van der Waals surface area contributed by atoms with Gasteiger partial charge in [-0.05, 0) is 27.8 Å². The predicted octanol–water partition coefficient (Wildman–Crippen LogP) is 3.47. The van der Waals surface area contributed by atoms with Gasteiger partial charge in [-0.1, -0.05) is 84.8 Å². The Morgan fingerprint density at radius 1 is 0.882 bits per heavy atom. The van der Waals surface area contributed by atoms with Gasteiger partial charge in [0.15, 0.2) is 0 Å². The molecule has 1 aliphatic rings. The van der Waals surface area contributed by atoms with Gasteiger partial charge in [0.05, 0.1) is 6.54 Å². The first-order chi connectivity index (χ1) is 16.5. The highest BCUT2D eigenvalue weighted by Crippen LogP contribution is 2.44. The maximum absolute atomic E-state index is 12.7. The Bertz CT molecular complexity index is 1230. The fraction of sp³-hybridized carbons (Fsp3) is 0.148. The van der Waals surface area contributed by atoms with Gasteiger partial charge in [0, 0.05) is 11.8 Å². The average Bonchev–Trinajstić information content (AvgIpc) is 3.18. The minimum atomic E-state index is -1.29. The van der Waals surface area contributed by atoms with Crippen LogP contribution < -0.4 is 10.6 Å². The van der Waals surface area contributed by atoms with Gasteiger partial charge < -0.3 is 20.5 Å². The van der Waals surface area contributed by atoms with Crippen LogP contribution in [0, 0.1) is 11.8 Å². The summed E-state index contributed by atoms with van der Waals surface area (Å²) in [6.45, 7) is -0.0477. The van der Waals surface area contributed by atoms with Crippen LogP contribution in [0.3, 0.4) is 0 Å². The normalized spacial score (nSPS) is 12.4. The highest BCUT2D eigenvalue weighted by Gasteiger charge is 2.30. The molecule has 0 aromatic heterocycles. The first kappa shape index (κ1) is 22.6. The maximum atomic E-state index is 12.7. The van der Waals surface area contributed by atoms with Crippen LogP contribution in [0.25, 0.3) is 11.1 Å². The quantitative estimate of drug-likeness (QED) is 0.495. The number of hydrogen-bond donors (Lipinski definition) is 3. The number of hydrogen-bond acceptors (Lipinski definition) is 4.